The van der Waals surface area contributed by atoms with E-state index in [0.29, 0.717) is 6.54 Å². The first-order chi connectivity index (χ1) is 5.76. The topological polar surface area (TPSA) is 49.5 Å². The Kier molecular flexibility index (Phi) is 16.2. The number of aliphatic hydroxyl groups is 1. The van der Waals surface area contributed by atoms with Crippen LogP contribution in [0.5, 0.6) is 0 Å². The Morgan fingerprint density at radius 3 is 1.50 bits per heavy atom. The molecular formula is C9H24N2O. The minimum absolute atomic E-state index is 0.219. The van der Waals surface area contributed by atoms with Crippen LogP contribution in [0.25, 0.3) is 0 Å². The molecular weight excluding hydrogens is 152 g/mol. The van der Waals surface area contributed by atoms with E-state index in [-0.39, 0.29) is 6.61 Å². The van der Waals surface area contributed by atoms with E-state index in [4.69, 9.17) is 10.8 Å². The number of rotatable bonds is 5. The van der Waals surface area contributed by atoms with Crippen LogP contribution in [-0.2, 0) is 0 Å². The standard InChI is InChI=1S/C6H15N.C3H9NO/c1-4-7(5-2)6-3;4-2-1-3-5/h4-6H2,1-3H3;5H,1-4H2. The Morgan fingerprint density at radius 1 is 1.08 bits per heavy atom. The van der Waals surface area contributed by atoms with Gasteiger partial charge in [-0.15, -0.1) is 0 Å². The molecule has 0 bridgehead atoms. The molecule has 0 saturated heterocycles. The number of nitrogens with two attached hydrogens (primary N) is 1. The molecule has 0 fully saturated rings. The fraction of sp³-hybridized carbons (Fsp3) is 1.00. The summed E-state index contributed by atoms with van der Waals surface area (Å²) in [5, 5.41) is 7.99. The van der Waals surface area contributed by atoms with Crippen molar-refractivity contribution >= 4 is 0 Å². The molecule has 3 heteroatoms. The van der Waals surface area contributed by atoms with Crippen molar-refractivity contribution in [2.75, 3.05) is 32.8 Å². The second-order valence-electron chi connectivity index (χ2n) is 2.49. The van der Waals surface area contributed by atoms with Crippen molar-refractivity contribution in [3.63, 3.8) is 0 Å². The van der Waals surface area contributed by atoms with Gasteiger partial charge in [0.15, 0.2) is 0 Å². The lowest BCUT2D eigenvalue weighted by atomic mass is 10.5. The first-order valence-electron chi connectivity index (χ1n) is 4.79. The number of hydrogen-bond donors (Lipinski definition) is 2. The van der Waals surface area contributed by atoms with Gasteiger partial charge in [0.05, 0.1) is 0 Å². The lowest BCUT2D eigenvalue weighted by molar-refractivity contribution is 0.291. The van der Waals surface area contributed by atoms with Crippen molar-refractivity contribution in [2.45, 2.75) is 27.2 Å². The summed E-state index contributed by atoms with van der Waals surface area (Å²) in [7, 11) is 0. The van der Waals surface area contributed by atoms with Crippen molar-refractivity contribution in [3.05, 3.63) is 0 Å². The Labute approximate surface area is 76.6 Å². The average molecular weight is 176 g/mol. The van der Waals surface area contributed by atoms with Crippen molar-refractivity contribution in [1.29, 1.82) is 0 Å². The third-order valence-corrected chi connectivity index (χ3v) is 1.70. The first kappa shape index (κ1) is 14.4. The Morgan fingerprint density at radius 2 is 1.50 bits per heavy atom. The molecule has 0 spiro atoms. The fourth-order valence-corrected chi connectivity index (χ4v) is 0.762. The molecule has 0 atom stereocenters. The summed E-state index contributed by atoms with van der Waals surface area (Å²) in [5.41, 5.74) is 4.98. The molecule has 0 heterocycles. The van der Waals surface area contributed by atoms with Gasteiger partial charge in [-0.25, -0.2) is 0 Å². The van der Waals surface area contributed by atoms with E-state index in [1.807, 2.05) is 0 Å². The van der Waals surface area contributed by atoms with E-state index in [1.54, 1.807) is 0 Å². The van der Waals surface area contributed by atoms with Gasteiger partial charge in [0, 0.05) is 6.61 Å². The molecule has 0 aromatic heterocycles. The van der Waals surface area contributed by atoms with Gasteiger partial charge in [0.25, 0.3) is 0 Å². The Balaban J connectivity index is 0. The van der Waals surface area contributed by atoms with Crippen LogP contribution in [0.1, 0.15) is 27.2 Å². The summed E-state index contributed by atoms with van der Waals surface area (Å²) in [6.45, 7) is 10.9. The number of nitrogens with zero attached hydrogens (tertiary/aromatic N) is 1. The minimum Gasteiger partial charge on any atom is -0.396 e. The molecule has 3 nitrogen and oxygen atoms in total. The number of hydrogen-bond acceptors (Lipinski definition) is 3. The molecule has 0 aromatic carbocycles. The normalized spacial score (nSPS) is 9.50. The van der Waals surface area contributed by atoms with E-state index >= 15 is 0 Å². The van der Waals surface area contributed by atoms with Crippen LogP contribution in [0.4, 0.5) is 0 Å². The smallest absolute Gasteiger partial charge is 0.0443 e. The summed E-state index contributed by atoms with van der Waals surface area (Å²) >= 11 is 0. The lowest BCUT2D eigenvalue weighted by Gasteiger charge is -2.13. The van der Waals surface area contributed by atoms with Gasteiger partial charge in [0.1, 0.15) is 0 Å². The van der Waals surface area contributed by atoms with Crippen molar-refractivity contribution in [2.24, 2.45) is 5.73 Å². The fourth-order valence-electron chi connectivity index (χ4n) is 0.762. The summed E-state index contributed by atoms with van der Waals surface area (Å²) in [4.78, 5) is 2.38. The molecule has 0 aliphatic carbocycles. The second kappa shape index (κ2) is 13.5. The van der Waals surface area contributed by atoms with Crippen molar-refractivity contribution < 1.29 is 5.11 Å². The van der Waals surface area contributed by atoms with Crippen LogP contribution in [0, 0.1) is 0 Å². The third-order valence-electron chi connectivity index (χ3n) is 1.70. The maximum absolute atomic E-state index is 7.99. The predicted octanol–water partition coefficient (Wildman–Crippen LogP) is 0.676. The van der Waals surface area contributed by atoms with Gasteiger partial charge < -0.3 is 15.7 Å². The molecule has 0 saturated carbocycles. The van der Waals surface area contributed by atoms with E-state index in [9.17, 15) is 0 Å². The zero-order chi connectivity index (χ0) is 9.82. The monoisotopic (exact) mass is 176 g/mol. The van der Waals surface area contributed by atoms with Crippen LogP contribution >= 0.6 is 0 Å². The maximum atomic E-state index is 7.99. The molecule has 0 aromatic rings. The molecule has 0 amide bonds. The first-order valence-corrected chi connectivity index (χ1v) is 4.79. The third kappa shape index (κ3) is 12.5. The van der Waals surface area contributed by atoms with Crippen LogP contribution in [0.15, 0.2) is 0 Å². The molecule has 0 unspecified atom stereocenters. The van der Waals surface area contributed by atoms with E-state index < -0.39 is 0 Å². The predicted molar refractivity (Wildman–Crippen MR) is 54.2 cm³/mol. The second-order valence-corrected chi connectivity index (χ2v) is 2.49. The molecule has 0 rings (SSSR count). The molecule has 0 aliphatic rings. The zero-order valence-electron chi connectivity index (χ0n) is 8.71. The maximum Gasteiger partial charge on any atom is 0.0443 e. The Hall–Kier alpha value is -0.120. The summed E-state index contributed by atoms with van der Waals surface area (Å²) < 4.78 is 0. The summed E-state index contributed by atoms with van der Waals surface area (Å²) in [6.07, 6.45) is 0.722. The summed E-state index contributed by atoms with van der Waals surface area (Å²) in [6, 6.07) is 0. The minimum atomic E-state index is 0.219. The van der Waals surface area contributed by atoms with Crippen LogP contribution in [0.2, 0.25) is 0 Å². The van der Waals surface area contributed by atoms with Crippen LogP contribution in [0.3, 0.4) is 0 Å². The molecule has 76 valence electrons. The molecule has 0 radical (unpaired) electrons. The average Bonchev–Trinajstić information content (AvgIpc) is 2.10. The molecule has 12 heavy (non-hydrogen) atoms. The van der Waals surface area contributed by atoms with Gasteiger partial charge in [-0.3, -0.25) is 0 Å². The highest BCUT2D eigenvalue weighted by molar-refractivity contribution is 4.43. The van der Waals surface area contributed by atoms with E-state index in [0.717, 1.165) is 6.42 Å². The van der Waals surface area contributed by atoms with E-state index in [2.05, 4.69) is 25.7 Å². The Bertz CT molecular complexity index is 58.0. The molecule has 3 N–H and O–H groups in total. The highest BCUT2D eigenvalue weighted by Gasteiger charge is 1.89. The zero-order valence-corrected chi connectivity index (χ0v) is 8.71. The van der Waals surface area contributed by atoms with E-state index in [1.165, 1.54) is 19.6 Å². The van der Waals surface area contributed by atoms with Gasteiger partial charge in [0.2, 0.25) is 0 Å². The van der Waals surface area contributed by atoms with Gasteiger partial charge in [-0.2, -0.15) is 0 Å². The number of aliphatic hydroxyl groups excluding tert-OH is 1. The highest BCUT2D eigenvalue weighted by atomic mass is 16.2. The lowest BCUT2D eigenvalue weighted by Crippen LogP contribution is -2.21. The van der Waals surface area contributed by atoms with Crippen LogP contribution in [-0.4, -0.2) is 42.8 Å². The van der Waals surface area contributed by atoms with Crippen LogP contribution < -0.4 is 5.73 Å². The van der Waals surface area contributed by atoms with Gasteiger partial charge >= 0.3 is 0 Å². The van der Waals surface area contributed by atoms with Gasteiger partial charge in [-0.1, -0.05) is 20.8 Å². The highest BCUT2D eigenvalue weighted by Crippen LogP contribution is 1.81. The van der Waals surface area contributed by atoms with Crippen molar-refractivity contribution in [1.82, 2.24) is 4.90 Å². The molecule has 0 aliphatic heterocycles. The van der Waals surface area contributed by atoms with Crippen molar-refractivity contribution in [3.8, 4) is 0 Å². The largest absolute Gasteiger partial charge is 0.396 e. The quantitative estimate of drug-likeness (QED) is 0.647. The SMILES string of the molecule is CCN(CC)CC.NCCCO. The van der Waals surface area contributed by atoms with Gasteiger partial charge in [-0.05, 0) is 32.6 Å². The summed E-state index contributed by atoms with van der Waals surface area (Å²) in [5.74, 6) is 0.